The molecule has 0 unspecified atom stereocenters. The van der Waals surface area contributed by atoms with Crippen molar-refractivity contribution in [1.82, 2.24) is 0 Å². The molecule has 1 aliphatic carbocycles. The first-order valence-electron chi connectivity index (χ1n) is 3.37. The Bertz CT molecular complexity index is 161. The Balaban J connectivity index is 2.45. The van der Waals surface area contributed by atoms with Gasteiger partial charge < -0.3 is 4.74 Å². The van der Waals surface area contributed by atoms with E-state index in [0.29, 0.717) is 5.92 Å². The van der Waals surface area contributed by atoms with E-state index >= 15 is 0 Å². The zero-order chi connectivity index (χ0) is 7.40. The lowest BCUT2D eigenvalue weighted by Gasteiger charge is -2.09. The fraction of sp³-hybridized carbons (Fsp3) is 0.333. The van der Waals surface area contributed by atoms with Gasteiger partial charge in [-0.1, -0.05) is 30.9 Å². The summed E-state index contributed by atoms with van der Waals surface area (Å²) >= 11 is 0. The first-order valence-corrected chi connectivity index (χ1v) is 3.37. The molecule has 0 radical (unpaired) electrons. The van der Waals surface area contributed by atoms with Gasteiger partial charge in [0.15, 0.2) is 0 Å². The van der Waals surface area contributed by atoms with Crippen molar-refractivity contribution < 1.29 is 4.74 Å². The molecule has 0 heterocycles. The molecule has 1 nitrogen and oxygen atoms in total. The summed E-state index contributed by atoms with van der Waals surface area (Å²) in [5, 5.41) is 0. The Labute approximate surface area is 61.7 Å². The predicted molar refractivity (Wildman–Crippen MR) is 42.8 cm³/mol. The maximum absolute atomic E-state index is 4.98. The molecule has 0 aromatic rings. The minimum atomic E-state index is 0.440. The molecular weight excluding hydrogens is 124 g/mol. The standard InChI is InChI=1S/C9H12O/c1-8-3-5-9(6-4-8)7-10-2/h3-6,9H,1,7H2,2H3. The fourth-order valence-electron chi connectivity index (χ4n) is 0.918. The van der Waals surface area contributed by atoms with E-state index in [9.17, 15) is 0 Å². The molecule has 1 aliphatic rings. The Hall–Kier alpha value is -0.820. The second kappa shape index (κ2) is 3.37. The molecule has 0 atom stereocenters. The lowest BCUT2D eigenvalue weighted by atomic mass is 10.0. The van der Waals surface area contributed by atoms with Gasteiger partial charge in [-0.2, -0.15) is 0 Å². The first kappa shape index (κ1) is 7.29. The second-order valence-corrected chi connectivity index (χ2v) is 2.41. The van der Waals surface area contributed by atoms with Crippen molar-refractivity contribution in [3.8, 4) is 0 Å². The van der Waals surface area contributed by atoms with Crippen LogP contribution in [0.5, 0.6) is 0 Å². The molecule has 0 aromatic heterocycles. The quantitative estimate of drug-likeness (QED) is 0.563. The largest absolute Gasteiger partial charge is 0.384 e. The van der Waals surface area contributed by atoms with Crippen LogP contribution in [0.2, 0.25) is 0 Å². The number of hydrogen-bond donors (Lipinski definition) is 0. The van der Waals surface area contributed by atoms with Crippen LogP contribution in [0, 0.1) is 5.92 Å². The lowest BCUT2D eigenvalue weighted by Crippen LogP contribution is -2.03. The van der Waals surface area contributed by atoms with Crippen LogP contribution in [-0.2, 0) is 4.74 Å². The van der Waals surface area contributed by atoms with Crippen LogP contribution in [0.25, 0.3) is 0 Å². The normalized spacial score (nSPS) is 18.3. The molecule has 0 aromatic carbocycles. The monoisotopic (exact) mass is 136 g/mol. The number of hydrogen-bond acceptors (Lipinski definition) is 1. The van der Waals surface area contributed by atoms with Crippen molar-refractivity contribution in [3.63, 3.8) is 0 Å². The summed E-state index contributed by atoms with van der Waals surface area (Å²) in [5.41, 5.74) is 1.06. The summed E-state index contributed by atoms with van der Waals surface area (Å²) in [4.78, 5) is 0. The number of ether oxygens (including phenoxy) is 1. The minimum Gasteiger partial charge on any atom is -0.384 e. The number of allylic oxidation sites excluding steroid dienone is 3. The van der Waals surface area contributed by atoms with E-state index in [-0.39, 0.29) is 0 Å². The van der Waals surface area contributed by atoms with Crippen molar-refractivity contribution in [3.05, 3.63) is 36.5 Å². The molecule has 0 spiro atoms. The molecule has 0 bridgehead atoms. The summed E-state index contributed by atoms with van der Waals surface area (Å²) in [7, 11) is 1.71. The van der Waals surface area contributed by atoms with E-state index in [4.69, 9.17) is 4.74 Å². The summed E-state index contributed by atoms with van der Waals surface area (Å²) in [6.07, 6.45) is 8.24. The lowest BCUT2D eigenvalue weighted by molar-refractivity contribution is 0.184. The number of methoxy groups -OCH3 is 1. The first-order chi connectivity index (χ1) is 4.83. The van der Waals surface area contributed by atoms with Crippen molar-refractivity contribution in [2.24, 2.45) is 5.92 Å². The van der Waals surface area contributed by atoms with Crippen LogP contribution >= 0.6 is 0 Å². The van der Waals surface area contributed by atoms with Crippen molar-refractivity contribution in [1.29, 1.82) is 0 Å². The third-order valence-corrected chi connectivity index (χ3v) is 1.47. The highest BCUT2D eigenvalue weighted by molar-refractivity contribution is 5.33. The molecule has 0 saturated heterocycles. The minimum absolute atomic E-state index is 0.440. The van der Waals surface area contributed by atoms with Crippen molar-refractivity contribution in [2.45, 2.75) is 0 Å². The molecule has 0 N–H and O–H groups in total. The van der Waals surface area contributed by atoms with Gasteiger partial charge in [-0.05, 0) is 5.57 Å². The van der Waals surface area contributed by atoms with Gasteiger partial charge in [-0.3, -0.25) is 0 Å². The highest BCUT2D eigenvalue weighted by Gasteiger charge is 2.01. The average molecular weight is 136 g/mol. The molecule has 0 fully saturated rings. The number of rotatable bonds is 2. The Morgan fingerprint density at radius 3 is 2.60 bits per heavy atom. The Morgan fingerprint density at radius 2 is 2.10 bits per heavy atom. The average Bonchev–Trinajstić information content (AvgIpc) is 1.95. The third kappa shape index (κ3) is 1.85. The Kier molecular flexibility index (Phi) is 2.46. The van der Waals surface area contributed by atoms with E-state index in [1.807, 2.05) is 12.2 Å². The molecule has 0 aliphatic heterocycles. The van der Waals surface area contributed by atoms with Gasteiger partial charge in [0.25, 0.3) is 0 Å². The molecule has 10 heavy (non-hydrogen) atoms. The van der Waals surface area contributed by atoms with E-state index in [1.54, 1.807) is 7.11 Å². The summed E-state index contributed by atoms with van der Waals surface area (Å²) in [5.74, 6) is 0.440. The van der Waals surface area contributed by atoms with Crippen LogP contribution in [0.3, 0.4) is 0 Å². The summed E-state index contributed by atoms with van der Waals surface area (Å²) < 4.78 is 4.98. The highest BCUT2D eigenvalue weighted by atomic mass is 16.5. The van der Waals surface area contributed by atoms with Gasteiger partial charge in [0.1, 0.15) is 0 Å². The molecule has 0 amide bonds. The second-order valence-electron chi connectivity index (χ2n) is 2.41. The van der Waals surface area contributed by atoms with E-state index in [1.165, 1.54) is 0 Å². The van der Waals surface area contributed by atoms with Gasteiger partial charge >= 0.3 is 0 Å². The van der Waals surface area contributed by atoms with Crippen molar-refractivity contribution in [2.75, 3.05) is 13.7 Å². The zero-order valence-electron chi connectivity index (χ0n) is 6.21. The van der Waals surface area contributed by atoms with Crippen LogP contribution in [0.1, 0.15) is 0 Å². The highest BCUT2D eigenvalue weighted by Crippen LogP contribution is 2.11. The van der Waals surface area contributed by atoms with Crippen molar-refractivity contribution >= 4 is 0 Å². The van der Waals surface area contributed by atoms with Crippen LogP contribution in [-0.4, -0.2) is 13.7 Å². The smallest absolute Gasteiger partial charge is 0.0559 e. The summed E-state index contributed by atoms with van der Waals surface area (Å²) in [6.45, 7) is 4.56. The van der Waals surface area contributed by atoms with Crippen LogP contribution < -0.4 is 0 Å². The molecule has 0 saturated carbocycles. The van der Waals surface area contributed by atoms with Gasteiger partial charge in [0.2, 0.25) is 0 Å². The van der Waals surface area contributed by atoms with Gasteiger partial charge in [0.05, 0.1) is 6.61 Å². The summed E-state index contributed by atoms with van der Waals surface area (Å²) in [6, 6.07) is 0. The topological polar surface area (TPSA) is 9.23 Å². The van der Waals surface area contributed by atoms with Gasteiger partial charge in [-0.25, -0.2) is 0 Å². The molecule has 1 heteroatoms. The van der Waals surface area contributed by atoms with Crippen LogP contribution in [0.4, 0.5) is 0 Å². The maximum Gasteiger partial charge on any atom is 0.0559 e. The third-order valence-electron chi connectivity index (χ3n) is 1.47. The zero-order valence-corrected chi connectivity index (χ0v) is 6.21. The molecule has 1 rings (SSSR count). The molecule has 54 valence electrons. The van der Waals surface area contributed by atoms with Crippen LogP contribution in [0.15, 0.2) is 36.5 Å². The maximum atomic E-state index is 4.98. The van der Waals surface area contributed by atoms with Gasteiger partial charge in [-0.15, -0.1) is 0 Å². The van der Waals surface area contributed by atoms with Gasteiger partial charge in [0, 0.05) is 13.0 Å². The van der Waals surface area contributed by atoms with E-state index in [0.717, 1.165) is 12.2 Å². The SMILES string of the molecule is C=C1C=CC(COC)C=C1. The van der Waals surface area contributed by atoms with E-state index in [2.05, 4.69) is 18.7 Å². The predicted octanol–water partition coefficient (Wildman–Crippen LogP) is 1.93. The van der Waals surface area contributed by atoms with E-state index < -0.39 is 0 Å². The fourth-order valence-corrected chi connectivity index (χ4v) is 0.918. The molecular formula is C9H12O. The Morgan fingerprint density at radius 1 is 1.50 bits per heavy atom.